The molecule has 0 bridgehead atoms. The van der Waals surface area contributed by atoms with Crippen LogP contribution in [-0.4, -0.2) is 15.9 Å². The summed E-state index contributed by atoms with van der Waals surface area (Å²) < 4.78 is 0. The first-order valence-corrected chi connectivity index (χ1v) is 8.24. The van der Waals surface area contributed by atoms with Gasteiger partial charge in [0.2, 0.25) is 5.91 Å². The average Bonchev–Trinajstić information content (AvgIpc) is 2.81. The summed E-state index contributed by atoms with van der Waals surface area (Å²) in [6, 6.07) is 0. The number of carbonyl (C=O) groups excluding carboxylic acids is 1. The molecule has 0 aliphatic carbocycles. The molecule has 1 rings (SSSR count). The van der Waals surface area contributed by atoms with E-state index in [4.69, 9.17) is 18.0 Å². The van der Waals surface area contributed by atoms with Gasteiger partial charge in [0.15, 0.2) is 0 Å². The predicted octanol–water partition coefficient (Wildman–Crippen LogP) is 2.94. The number of hydrogen-bond donors (Lipinski definition) is 2. The average molecular weight is 313 g/mol. The summed E-state index contributed by atoms with van der Waals surface area (Å²) in [6.07, 6.45) is 3.14. The van der Waals surface area contributed by atoms with E-state index in [-0.39, 0.29) is 5.91 Å². The highest BCUT2D eigenvalue weighted by Gasteiger charge is 2.39. The third-order valence-electron chi connectivity index (χ3n) is 3.33. The molecule has 6 heteroatoms. The summed E-state index contributed by atoms with van der Waals surface area (Å²) in [5, 5.41) is 5.82. The molecule has 0 spiro atoms. The van der Waals surface area contributed by atoms with Crippen LogP contribution in [0.15, 0.2) is 5.38 Å². The van der Waals surface area contributed by atoms with Crippen LogP contribution in [0.2, 0.25) is 0 Å². The van der Waals surface area contributed by atoms with Crippen LogP contribution in [0.3, 0.4) is 0 Å². The Morgan fingerprint density at radius 3 is 2.45 bits per heavy atom. The van der Waals surface area contributed by atoms with Gasteiger partial charge in [0.25, 0.3) is 0 Å². The van der Waals surface area contributed by atoms with E-state index in [1.54, 1.807) is 11.3 Å². The molecule has 4 nitrogen and oxygen atoms in total. The molecule has 1 heterocycles. The third kappa shape index (κ3) is 3.99. The van der Waals surface area contributed by atoms with Gasteiger partial charge in [-0.1, -0.05) is 38.9 Å². The monoisotopic (exact) mass is 313 g/mol. The molecule has 0 aliphatic heterocycles. The fourth-order valence-electron chi connectivity index (χ4n) is 2.37. The zero-order valence-corrected chi connectivity index (χ0v) is 14.0. The van der Waals surface area contributed by atoms with Crippen LogP contribution in [0.5, 0.6) is 0 Å². The van der Waals surface area contributed by atoms with Crippen molar-refractivity contribution in [3.8, 4) is 0 Å². The van der Waals surface area contributed by atoms with Gasteiger partial charge in [0, 0.05) is 11.1 Å². The van der Waals surface area contributed by atoms with Crippen LogP contribution in [0.25, 0.3) is 0 Å². The highest BCUT2D eigenvalue weighted by Crippen LogP contribution is 2.31. The van der Waals surface area contributed by atoms with E-state index >= 15 is 0 Å². The van der Waals surface area contributed by atoms with Crippen molar-refractivity contribution in [1.82, 2.24) is 10.3 Å². The van der Waals surface area contributed by atoms with Crippen molar-refractivity contribution in [2.45, 2.75) is 53.0 Å². The molecular formula is C14H23N3OS2. The number of nitrogens with one attached hydrogen (secondary N) is 1. The molecule has 0 fully saturated rings. The van der Waals surface area contributed by atoms with Crippen LogP contribution in [-0.2, 0) is 11.3 Å². The number of amides is 1. The Balaban J connectivity index is 2.79. The van der Waals surface area contributed by atoms with Crippen molar-refractivity contribution in [3.63, 3.8) is 0 Å². The van der Waals surface area contributed by atoms with Gasteiger partial charge in [0.05, 0.1) is 16.9 Å². The van der Waals surface area contributed by atoms with Gasteiger partial charge in [-0.25, -0.2) is 4.98 Å². The number of hydrogen-bond acceptors (Lipinski definition) is 4. The van der Waals surface area contributed by atoms with Crippen LogP contribution in [0.1, 0.15) is 50.2 Å². The standard InChI is InChI=1S/C14H23N3OS2/c1-4-6-14(7-5-2,12(15)19)13(18)16-8-11-17-10(3)9-20-11/h9H,4-8H2,1-3H3,(H2,15,19)(H,16,18). The minimum Gasteiger partial charge on any atom is -0.392 e. The molecule has 0 saturated heterocycles. The third-order valence-corrected chi connectivity index (χ3v) is 4.68. The highest BCUT2D eigenvalue weighted by atomic mass is 32.1. The number of thiocarbonyl (C=S) groups is 1. The number of rotatable bonds is 8. The fourth-order valence-corrected chi connectivity index (χ4v) is 3.38. The fraction of sp³-hybridized carbons (Fsp3) is 0.643. The molecule has 0 saturated carbocycles. The summed E-state index contributed by atoms with van der Waals surface area (Å²) in [5.41, 5.74) is 6.13. The van der Waals surface area contributed by atoms with E-state index in [2.05, 4.69) is 10.3 Å². The lowest BCUT2D eigenvalue weighted by molar-refractivity contribution is -0.128. The molecule has 1 aromatic heterocycles. The lowest BCUT2D eigenvalue weighted by Gasteiger charge is -2.30. The number of nitrogens with zero attached hydrogens (tertiary/aromatic N) is 1. The minimum absolute atomic E-state index is 0.0680. The van der Waals surface area contributed by atoms with Gasteiger partial charge in [-0.2, -0.15) is 0 Å². The summed E-state index contributed by atoms with van der Waals surface area (Å²) >= 11 is 6.72. The largest absolute Gasteiger partial charge is 0.392 e. The summed E-state index contributed by atoms with van der Waals surface area (Å²) in [5.74, 6) is -0.0680. The minimum atomic E-state index is -0.717. The predicted molar refractivity (Wildman–Crippen MR) is 87.7 cm³/mol. The maximum atomic E-state index is 12.6. The first-order valence-electron chi connectivity index (χ1n) is 6.95. The Hall–Kier alpha value is -1.01. The number of thiazole rings is 1. The zero-order valence-electron chi connectivity index (χ0n) is 12.4. The second-order valence-corrected chi connectivity index (χ2v) is 6.39. The van der Waals surface area contributed by atoms with Gasteiger partial charge in [-0.05, 0) is 19.8 Å². The normalized spacial score (nSPS) is 11.3. The van der Waals surface area contributed by atoms with Crippen molar-refractivity contribution in [1.29, 1.82) is 0 Å². The van der Waals surface area contributed by atoms with Crippen LogP contribution >= 0.6 is 23.6 Å². The van der Waals surface area contributed by atoms with Crippen molar-refractivity contribution >= 4 is 34.5 Å². The maximum Gasteiger partial charge on any atom is 0.233 e. The molecule has 0 aromatic carbocycles. The maximum absolute atomic E-state index is 12.6. The van der Waals surface area contributed by atoms with Crippen LogP contribution in [0, 0.1) is 12.3 Å². The second kappa shape index (κ2) is 7.69. The van der Waals surface area contributed by atoms with Crippen LogP contribution in [0.4, 0.5) is 0 Å². The summed E-state index contributed by atoms with van der Waals surface area (Å²) in [4.78, 5) is 17.2. The van der Waals surface area contributed by atoms with E-state index in [9.17, 15) is 4.79 Å². The lowest BCUT2D eigenvalue weighted by atomic mass is 9.78. The highest BCUT2D eigenvalue weighted by molar-refractivity contribution is 7.80. The van der Waals surface area contributed by atoms with E-state index in [0.717, 1.165) is 23.5 Å². The van der Waals surface area contributed by atoms with Gasteiger partial charge < -0.3 is 11.1 Å². The molecule has 0 atom stereocenters. The smallest absolute Gasteiger partial charge is 0.233 e. The first kappa shape index (κ1) is 17.0. The van der Waals surface area contributed by atoms with Gasteiger partial charge >= 0.3 is 0 Å². The molecule has 0 radical (unpaired) electrons. The number of nitrogens with two attached hydrogens (primary N) is 1. The Labute approximate surface area is 130 Å². The van der Waals surface area contributed by atoms with Crippen molar-refractivity contribution in [2.24, 2.45) is 11.1 Å². The molecular weight excluding hydrogens is 290 g/mol. The summed E-state index contributed by atoms with van der Waals surface area (Å²) in [6.45, 7) is 6.46. The number of aryl methyl sites for hydroxylation is 1. The van der Waals surface area contributed by atoms with E-state index in [1.807, 2.05) is 26.2 Å². The topological polar surface area (TPSA) is 68.0 Å². The molecule has 1 amide bonds. The van der Waals surface area contributed by atoms with Gasteiger partial charge in [-0.15, -0.1) is 11.3 Å². The lowest BCUT2D eigenvalue weighted by Crippen LogP contribution is -2.48. The van der Waals surface area contributed by atoms with Crippen molar-refractivity contribution < 1.29 is 4.79 Å². The number of aromatic nitrogens is 1. The van der Waals surface area contributed by atoms with E-state index < -0.39 is 5.41 Å². The molecule has 1 aromatic rings. The van der Waals surface area contributed by atoms with E-state index in [1.165, 1.54) is 0 Å². The summed E-state index contributed by atoms with van der Waals surface area (Å²) in [7, 11) is 0. The molecule has 0 aliphatic rings. The van der Waals surface area contributed by atoms with Crippen molar-refractivity contribution in [2.75, 3.05) is 0 Å². The van der Waals surface area contributed by atoms with E-state index in [0.29, 0.717) is 24.4 Å². The molecule has 112 valence electrons. The first-order chi connectivity index (χ1) is 9.46. The quantitative estimate of drug-likeness (QED) is 0.724. The molecule has 20 heavy (non-hydrogen) atoms. The second-order valence-electron chi connectivity index (χ2n) is 5.01. The Morgan fingerprint density at radius 1 is 1.45 bits per heavy atom. The van der Waals surface area contributed by atoms with Crippen LogP contribution < -0.4 is 11.1 Å². The van der Waals surface area contributed by atoms with Gasteiger partial charge in [-0.3, -0.25) is 4.79 Å². The molecule has 0 unspecified atom stereocenters. The zero-order chi connectivity index (χ0) is 15.2. The van der Waals surface area contributed by atoms with Gasteiger partial charge in [0.1, 0.15) is 5.01 Å². The SMILES string of the molecule is CCCC(CCC)(C(=O)NCc1nc(C)cs1)C(N)=S. The number of carbonyl (C=O) groups is 1. The Bertz CT molecular complexity index is 465. The molecule has 3 N–H and O–H groups in total. The van der Waals surface area contributed by atoms with Crippen molar-refractivity contribution in [3.05, 3.63) is 16.1 Å². The Morgan fingerprint density at radius 2 is 2.05 bits per heavy atom. The Kier molecular flexibility index (Phi) is 6.55.